The molecule has 0 saturated carbocycles. The molecule has 2 N–H and O–H groups in total. The Morgan fingerprint density at radius 1 is 1.43 bits per heavy atom. The normalized spacial score (nSPS) is 11.1. The summed E-state index contributed by atoms with van der Waals surface area (Å²) in [4.78, 5) is 21.6. The molecule has 0 aliphatic rings. The first-order valence-electron chi connectivity index (χ1n) is 4.39. The lowest BCUT2D eigenvalue weighted by molar-refractivity contribution is -0.138. The van der Waals surface area contributed by atoms with Gasteiger partial charge in [-0.3, -0.25) is 9.59 Å². The first kappa shape index (κ1) is 12.9. The van der Waals surface area contributed by atoms with Gasteiger partial charge in [-0.05, 0) is 13.8 Å². The third-order valence-corrected chi connectivity index (χ3v) is 1.60. The highest BCUT2D eigenvalue weighted by molar-refractivity contribution is 5.78. The van der Waals surface area contributed by atoms with Gasteiger partial charge in [0, 0.05) is 19.1 Å². The molecule has 1 amide bonds. The van der Waals surface area contributed by atoms with Gasteiger partial charge < -0.3 is 15.2 Å². The smallest absolute Gasteiger partial charge is 0.305 e. The van der Waals surface area contributed by atoms with Crippen molar-refractivity contribution in [3.63, 3.8) is 0 Å². The van der Waals surface area contributed by atoms with Gasteiger partial charge in [0.1, 0.15) is 0 Å². The van der Waals surface area contributed by atoms with Gasteiger partial charge in [-0.15, -0.1) is 0 Å². The SMILES string of the molecule is COCCC(=O)NC(C)(C)CC(=O)O. The molecule has 0 aromatic carbocycles. The minimum atomic E-state index is -0.929. The van der Waals surface area contributed by atoms with Crippen LogP contribution in [0.5, 0.6) is 0 Å². The van der Waals surface area contributed by atoms with Crippen molar-refractivity contribution in [2.24, 2.45) is 0 Å². The number of aliphatic carboxylic acids is 1. The van der Waals surface area contributed by atoms with Crippen LogP contribution in [0.3, 0.4) is 0 Å². The Kier molecular flexibility index (Phi) is 5.15. The Labute approximate surface area is 83.4 Å². The number of rotatable bonds is 6. The molecule has 0 rings (SSSR count). The second kappa shape index (κ2) is 5.59. The highest BCUT2D eigenvalue weighted by Crippen LogP contribution is 2.08. The van der Waals surface area contributed by atoms with Gasteiger partial charge in [0.25, 0.3) is 0 Å². The maximum Gasteiger partial charge on any atom is 0.305 e. The summed E-state index contributed by atoms with van der Waals surface area (Å²) in [6.07, 6.45) is 0.158. The minimum absolute atomic E-state index is 0.0915. The van der Waals surface area contributed by atoms with Crippen molar-refractivity contribution >= 4 is 11.9 Å². The Bertz CT molecular complexity index is 213. The summed E-state index contributed by atoms with van der Waals surface area (Å²) in [7, 11) is 1.51. The standard InChI is InChI=1S/C9H17NO4/c1-9(2,6-8(12)13)10-7(11)4-5-14-3/h4-6H2,1-3H3,(H,10,11)(H,12,13). The zero-order valence-corrected chi connectivity index (χ0v) is 8.79. The summed E-state index contributed by atoms with van der Waals surface area (Å²) in [5.41, 5.74) is -0.712. The van der Waals surface area contributed by atoms with E-state index >= 15 is 0 Å². The van der Waals surface area contributed by atoms with Crippen LogP contribution in [-0.2, 0) is 14.3 Å². The number of carbonyl (C=O) groups is 2. The largest absolute Gasteiger partial charge is 0.481 e. The molecule has 0 bridgehead atoms. The average Bonchev–Trinajstić information content (AvgIpc) is 1.96. The first-order valence-corrected chi connectivity index (χ1v) is 4.39. The number of carbonyl (C=O) groups excluding carboxylic acids is 1. The molecule has 0 heterocycles. The average molecular weight is 203 g/mol. The fraction of sp³-hybridized carbons (Fsp3) is 0.778. The summed E-state index contributed by atoms with van der Waals surface area (Å²) in [6, 6.07) is 0. The van der Waals surface area contributed by atoms with Gasteiger partial charge in [0.2, 0.25) is 5.91 Å². The van der Waals surface area contributed by atoms with Gasteiger partial charge in [-0.2, -0.15) is 0 Å². The molecule has 0 aliphatic carbocycles. The van der Waals surface area contributed by atoms with E-state index < -0.39 is 11.5 Å². The monoisotopic (exact) mass is 203 g/mol. The van der Waals surface area contributed by atoms with E-state index in [1.54, 1.807) is 13.8 Å². The molecule has 0 aromatic heterocycles. The van der Waals surface area contributed by atoms with Crippen LogP contribution in [0.2, 0.25) is 0 Å². The number of amides is 1. The molecule has 5 heteroatoms. The van der Waals surface area contributed by atoms with Crippen molar-refractivity contribution < 1.29 is 19.4 Å². The Morgan fingerprint density at radius 3 is 2.43 bits per heavy atom. The van der Waals surface area contributed by atoms with Crippen LogP contribution >= 0.6 is 0 Å². The summed E-state index contributed by atoms with van der Waals surface area (Å²) in [6.45, 7) is 3.69. The third kappa shape index (κ3) is 6.42. The van der Waals surface area contributed by atoms with E-state index in [9.17, 15) is 9.59 Å². The lowest BCUT2D eigenvalue weighted by Gasteiger charge is -2.24. The van der Waals surface area contributed by atoms with E-state index in [-0.39, 0.29) is 18.7 Å². The number of carboxylic acid groups (broad SMARTS) is 1. The van der Waals surface area contributed by atoms with Crippen LogP contribution in [0.15, 0.2) is 0 Å². The number of hydrogen-bond acceptors (Lipinski definition) is 3. The zero-order chi connectivity index (χ0) is 11.2. The zero-order valence-electron chi connectivity index (χ0n) is 8.79. The first-order chi connectivity index (χ1) is 6.37. The van der Waals surface area contributed by atoms with Gasteiger partial charge in [0.05, 0.1) is 13.0 Å². The van der Waals surface area contributed by atoms with Crippen molar-refractivity contribution in [1.82, 2.24) is 5.32 Å². The number of methoxy groups -OCH3 is 1. The van der Waals surface area contributed by atoms with E-state index in [4.69, 9.17) is 9.84 Å². The maximum atomic E-state index is 11.2. The van der Waals surface area contributed by atoms with E-state index in [0.717, 1.165) is 0 Å². The Hall–Kier alpha value is -1.10. The lowest BCUT2D eigenvalue weighted by Crippen LogP contribution is -2.45. The van der Waals surface area contributed by atoms with Crippen LogP contribution in [0.25, 0.3) is 0 Å². The predicted molar refractivity (Wildman–Crippen MR) is 51.0 cm³/mol. The topological polar surface area (TPSA) is 75.6 Å². The molecule has 0 fully saturated rings. The number of carboxylic acids is 1. The minimum Gasteiger partial charge on any atom is -0.481 e. The Balaban J connectivity index is 3.95. The van der Waals surface area contributed by atoms with Crippen molar-refractivity contribution in [3.05, 3.63) is 0 Å². The maximum absolute atomic E-state index is 11.2. The predicted octanol–water partition coefficient (Wildman–Crippen LogP) is 0.392. The Morgan fingerprint density at radius 2 is 2.00 bits per heavy atom. The number of hydrogen-bond donors (Lipinski definition) is 2. The summed E-state index contributed by atoms with van der Waals surface area (Å²) < 4.78 is 4.73. The van der Waals surface area contributed by atoms with Crippen LogP contribution in [-0.4, -0.2) is 36.2 Å². The lowest BCUT2D eigenvalue weighted by atomic mass is 10.0. The molecule has 0 radical (unpaired) electrons. The van der Waals surface area contributed by atoms with Crippen molar-refractivity contribution in [1.29, 1.82) is 0 Å². The molecule has 0 aliphatic heterocycles. The molecule has 0 spiro atoms. The molecule has 0 atom stereocenters. The van der Waals surface area contributed by atoms with Gasteiger partial charge >= 0.3 is 5.97 Å². The molecular weight excluding hydrogens is 186 g/mol. The van der Waals surface area contributed by atoms with Crippen molar-refractivity contribution in [2.45, 2.75) is 32.2 Å². The number of nitrogens with one attached hydrogen (secondary N) is 1. The molecule has 0 saturated heterocycles. The van der Waals surface area contributed by atoms with Crippen molar-refractivity contribution in [2.75, 3.05) is 13.7 Å². The van der Waals surface area contributed by atoms with Crippen LogP contribution in [0, 0.1) is 0 Å². The fourth-order valence-electron chi connectivity index (χ4n) is 1.06. The molecule has 82 valence electrons. The quantitative estimate of drug-likeness (QED) is 0.655. The molecule has 14 heavy (non-hydrogen) atoms. The highest BCUT2D eigenvalue weighted by Gasteiger charge is 2.23. The third-order valence-electron chi connectivity index (χ3n) is 1.60. The van der Waals surface area contributed by atoms with Crippen molar-refractivity contribution in [3.8, 4) is 0 Å². The van der Waals surface area contributed by atoms with Gasteiger partial charge in [-0.25, -0.2) is 0 Å². The molecular formula is C9H17NO4. The van der Waals surface area contributed by atoms with Gasteiger partial charge in [0.15, 0.2) is 0 Å². The summed E-state index contributed by atoms with van der Waals surface area (Å²) in [5.74, 6) is -1.12. The van der Waals surface area contributed by atoms with Crippen LogP contribution < -0.4 is 5.32 Å². The fourth-order valence-corrected chi connectivity index (χ4v) is 1.06. The highest BCUT2D eigenvalue weighted by atomic mass is 16.5. The van der Waals surface area contributed by atoms with E-state index in [0.29, 0.717) is 6.61 Å². The molecule has 5 nitrogen and oxygen atoms in total. The second-order valence-corrected chi connectivity index (χ2v) is 3.75. The van der Waals surface area contributed by atoms with E-state index in [1.165, 1.54) is 7.11 Å². The second-order valence-electron chi connectivity index (χ2n) is 3.75. The molecule has 0 aromatic rings. The van der Waals surface area contributed by atoms with Crippen LogP contribution in [0.4, 0.5) is 0 Å². The molecule has 0 unspecified atom stereocenters. The van der Waals surface area contributed by atoms with E-state index in [1.807, 2.05) is 0 Å². The summed E-state index contributed by atoms with van der Waals surface area (Å²) in [5, 5.41) is 11.2. The summed E-state index contributed by atoms with van der Waals surface area (Å²) >= 11 is 0. The van der Waals surface area contributed by atoms with Gasteiger partial charge in [-0.1, -0.05) is 0 Å². The van der Waals surface area contributed by atoms with Crippen LogP contribution in [0.1, 0.15) is 26.7 Å². The number of ether oxygens (including phenoxy) is 1. The van der Waals surface area contributed by atoms with E-state index in [2.05, 4.69) is 5.32 Å².